The van der Waals surface area contributed by atoms with Gasteiger partial charge in [0.2, 0.25) is 0 Å². The Morgan fingerprint density at radius 3 is 2.32 bits per heavy atom. The summed E-state index contributed by atoms with van der Waals surface area (Å²) in [5.41, 5.74) is 5.16. The molecule has 0 N–H and O–H groups in total. The zero-order chi connectivity index (χ0) is 15.9. The van der Waals surface area contributed by atoms with Gasteiger partial charge in [0, 0.05) is 29.9 Å². The molecule has 1 aromatic carbocycles. The molecule has 1 aromatic heterocycles. The van der Waals surface area contributed by atoms with Crippen LogP contribution in [0.5, 0.6) is 0 Å². The summed E-state index contributed by atoms with van der Waals surface area (Å²) in [7, 11) is 0. The van der Waals surface area contributed by atoms with Crippen LogP contribution in [-0.2, 0) is 12.8 Å². The molecule has 1 aliphatic heterocycles. The zero-order valence-corrected chi connectivity index (χ0v) is 14.7. The smallest absolute Gasteiger partial charge is 0.0728 e. The van der Waals surface area contributed by atoms with E-state index in [1.165, 1.54) is 60.2 Å². The first-order valence-corrected chi connectivity index (χ1v) is 8.99. The minimum Gasteiger partial charge on any atom is -0.371 e. The van der Waals surface area contributed by atoms with Crippen molar-refractivity contribution < 1.29 is 0 Å². The topological polar surface area (TPSA) is 16.1 Å². The zero-order valence-electron chi connectivity index (χ0n) is 14.7. The first kappa shape index (κ1) is 16.8. The largest absolute Gasteiger partial charge is 0.371 e. The Kier molecular flexibility index (Phi) is 6.23. The van der Waals surface area contributed by atoms with E-state index in [0.29, 0.717) is 0 Å². The van der Waals surface area contributed by atoms with E-state index in [-0.39, 0.29) is 0 Å². The number of benzene rings is 1. The molecule has 0 saturated carbocycles. The minimum absolute atomic E-state index is 1.01. The van der Waals surface area contributed by atoms with Crippen molar-refractivity contribution in [1.29, 1.82) is 0 Å². The second-order valence-electron chi connectivity index (χ2n) is 5.73. The molecule has 0 amide bonds. The normalized spacial score (nSPS) is 14.6. The Morgan fingerprint density at radius 1 is 0.955 bits per heavy atom. The van der Waals surface area contributed by atoms with Crippen molar-refractivity contribution in [2.24, 2.45) is 0 Å². The van der Waals surface area contributed by atoms with Gasteiger partial charge < -0.3 is 4.90 Å². The van der Waals surface area contributed by atoms with Gasteiger partial charge in [0.1, 0.15) is 0 Å². The summed E-state index contributed by atoms with van der Waals surface area (Å²) in [6, 6.07) is 9.10. The van der Waals surface area contributed by atoms with Gasteiger partial charge in [-0.25, -0.2) is 0 Å². The average molecular weight is 298 g/mol. The first-order chi connectivity index (χ1) is 10.8. The Bertz CT molecular complexity index is 598. The Balaban J connectivity index is 0.000000847. The Labute approximate surface area is 135 Å². The van der Waals surface area contributed by atoms with E-state index in [1.807, 2.05) is 13.8 Å². The van der Waals surface area contributed by atoms with Crippen LogP contribution in [0.3, 0.4) is 0 Å². The van der Waals surface area contributed by atoms with Crippen molar-refractivity contribution in [2.45, 2.75) is 59.8 Å². The molecule has 0 spiro atoms. The monoisotopic (exact) mass is 298 g/mol. The van der Waals surface area contributed by atoms with Gasteiger partial charge in [0.25, 0.3) is 0 Å². The van der Waals surface area contributed by atoms with Crippen molar-refractivity contribution >= 4 is 16.6 Å². The van der Waals surface area contributed by atoms with Crippen LogP contribution in [0.25, 0.3) is 10.9 Å². The summed E-state index contributed by atoms with van der Waals surface area (Å²) < 4.78 is 0. The van der Waals surface area contributed by atoms with Crippen LogP contribution in [0.4, 0.5) is 5.69 Å². The maximum absolute atomic E-state index is 4.83. The van der Waals surface area contributed by atoms with E-state index in [0.717, 1.165) is 12.8 Å². The molecule has 1 fully saturated rings. The summed E-state index contributed by atoms with van der Waals surface area (Å²) in [6.07, 6.45) is 6.11. The van der Waals surface area contributed by atoms with Crippen LogP contribution >= 0.6 is 0 Å². The Hall–Kier alpha value is -1.57. The lowest BCUT2D eigenvalue weighted by Crippen LogP contribution is -2.29. The van der Waals surface area contributed by atoms with E-state index in [4.69, 9.17) is 4.98 Å². The number of rotatable bonds is 3. The summed E-state index contributed by atoms with van der Waals surface area (Å²) in [6.45, 7) is 10.8. The first-order valence-electron chi connectivity index (χ1n) is 8.99. The molecule has 0 radical (unpaired) electrons. The van der Waals surface area contributed by atoms with Gasteiger partial charge in [-0.1, -0.05) is 33.8 Å². The van der Waals surface area contributed by atoms with E-state index in [2.05, 4.69) is 43.0 Å². The van der Waals surface area contributed by atoms with Crippen LogP contribution in [-0.4, -0.2) is 18.1 Å². The number of anilines is 1. The fourth-order valence-electron chi connectivity index (χ4n) is 3.17. The van der Waals surface area contributed by atoms with Crippen molar-refractivity contribution in [1.82, 2.24) is 4.98 Å². The summed E-state index contributed by atoms with van der Waals surface area (Å²) in [5, 5.41) is 1.32. The van der Waals surface area contributed by atoms with Gasteiger partial charge >= 0.3 is 0 Å². The van der Waals surface area contributed by atoms with Gasteiger partial charge in [-0.2, -0.15) is 0 Å². The molecular weight excluding hydrogens is 268 g/mol. The lowest BCUT2D eigenvalue weighted by molar-refractivity contribution is 0.578. The molecule has 1 saturated heterocycles. The Morgan fingerprint density at radius 2 is 1.68 bits per heavy atom. The van der Waals surface area contributed by atoms with E-state index in [1.54, 1.807) is 0 Å². The highest BCUT2D eigenvalue weighted by molar-refractivity contribution is 5.85. The standard InChI is InChI=1S/C18H24N2.C2H6/c1-3-14-12-15(4-2)19-18-13-16(8-9-17(14)18)20-10-6-5-7-11-20;1-2/h8-9,12-13H,3-7,10-11H2,1-2H3;1-2H3. The van der Waals surface area contributed by atoms with Gasteiger partial charge in [0.15, 0.2) is 0 Å². The molecule has 120 valence electrons. The molecule has 0 unspecified atom stereocenters. The maximum Gasteiger partial charge on any atom is 0.0728 e. The van der Waals surface area contributed by atoms with Gasteiger partial charge in [0.05, 0.1) is 5.52 Å². The van der Waals surface area contributed by atoms with Crippen molar-refractivity contribution in [2.75, 3.05) is 18.0 Å². The maximum atomic E-state index is 4.83. The van der Waals surface area contributed by atoms with Crippen molar-refractivity contribution in [3.8, 4) is 0 Å². The van der Waals surface area contributed by atoms with Crippen LogP contribution < -0.4 is 4.90 Å². The number of pyridine rings is 1. The summed E-state index contributed by atoms with van der Waals surface area (Å²) in [5.74, 6) is 0. The second kappa shape index (κ2) is 8.17. The number of hydrogen-bond donors (Lipinski definition) is 0. The number of aryl methyl sites for hydroxylation is 2. The predicted octanol–water partition coefficient (Wildman–Crippen LogP) is 5.38. The average Bonchev–Trinajstić information content (AvgIpc) is 2.62. The summed E-state index contributed by atoms with van der Waals surface area (Å²) >= 11 is 0. The number of aromatic nitrogens is 1. The fraction of sp³-hybridized carbons (Fsp3) is 0.550. The molecule has 2 aromatic rings. The lowest BCUT2D eigenvalue weighted by atomic mass is 10.0. The number of fused-ring (bicyclic) bond motifs is 1. The van der Waals surface area contributed by atoms with Crippen LogP contribution in [0, 0.1) is 0 Å². The number of nitrogens with zero attached hydrogens (tertiary/aromatic N) is 2. The molecule has 1 aliphatic rings. The van der Waals surface area contributed by atoms with Gasteiger partial charge in [-0.3, -0.25) is 4.98 Å². The molecular formula is C20H30N2. The highest BCUT2D eigenvalue weighted by atomic mass is 15.1. The third-order valence-corrected chi connectivity index (χ3v) is 4.40. The molecule has 0 atom stereocenters. The quantitative estimate of drug-likeness (QED) is 0.756. The van der Waals surface area contributed by atoms with Crippen LogP contribution in [0.2, 0.25) is 0 Å². The SMILES string of the molecule is CC.CCc1cc(CC)c2ccc(N3CCCCC3)cc2n1. The molecule has 2 nitrogen and oxygen atoms in total. The third-order valence-electron chi connectivity index (χ3n) is 4.40. The minimum atomic E-state index is 1.01. The molecule has 22 heavy (non-hydrogen) atoms. The second-order valence-corrected chi connectivity index (χ2v) is 5.73. The van der Waals surface area contributed by atoms with Crippen molar-refractivity contribution in [3.05, 3.63) is 35.5 Å². The fourth-order valence-corrected chi connectivity index (χ4v) is 3.17. The highest BCUT2D eigenvalue weighted by Crippen LogP contribution is 2.26. The lowest BCUT2D eigenvalue weighted by Gasteiger charge is -2.29. The number of hydrogen-bond acceptors (Lipinski definition) is 2. The predicted molar refractivity (Wildman–Crippen MR) is 97.9 cm³/mol. The van der Waals surface area contributed by atoms with Crippen molar-refractivity contribution in [3.63, 3.8) is 0 Å². The third kappa shape index (κ3) is 3.60. The van der Waals surface area contributed by atoms with Crippen LogP contribution in [0.1, 0.15) is 58.2 Å². The molecule has 2 heterocycles. The molecule has 0 aliphatic carbocycles. The van der Waals surface area contributed by atoms with Crippen LogP contribution in [0.15, 0.2) is 24.3 Å². The molecule has 3 rings (SSSR count). The molecule has 2 heteroatoms. The van der Waals surface area contributed by atoms with E-state index >= 15 is 0 Å². The van der Waals surface area contributed by atoms with E-state index < -0.39 is 0 Å². The van der Waals surface area contributed by atoms with Gasteiger partial charge in [-0.15, -0.1) is 0 Å². The van der Waals surface area contributed by atoms with E-state index in [9.17, 15) is 0 Å². The number of piperidine rings is 1. The highest BCUT2D eigenvalue weighted by Gasteiger charge is 2.12. The molecule has 0 bridgehead atoms. The summed E-state index contributed by atoms with van der Waals surface area (Å²) in [4.78, 5) is 7.34. The van der Waals surface area contributed by atoms with Gasteiger partial charge in [-0.05, 0) is 55.9 Å².